The predicted octanol–water partition coefficient (Wildman–Crippen LogP) is 3.56. The zero-order valence-electron chi connectivity index (χ0n) is 11.5. The minimum atomic E-state index is -0.211. The fraction of sp³-hybridized carbons (Fsp3) is 0.0588. The molecule has 0 aromatic heterocycles. The molecule has 0 bridgehead atoms. The van der Waals surface area contributed by atoms with E-state index in [1.165, 1.54) is 6.21 Å². The molecule has 0 atom stereocenters. The van der Waals surface area contributed by atoms with Gasteiger partial charge in [0.25, 0.3) is 0 Å². The van der Waals surface area contributed by atoms with E-state index in [0.717, 1.165) is 11.3 Å². The number of aliphatic hydroxyl groups excluding tert-OH is 1. The van der Waals surface area contributed by atoms with Gasteiger partial charge in [-0.2, -0.15) is 5.10 Å². The average molecular weight is 278 g/mol. The number of benzene rings is 2. The minimum absolute atomic E-state index is 0.0231. The Labute approximate surface area is 122 Å². The SMILES string of the molecule is Cc1ccc(N/N=C/C2=C(O)c3ccccc3C2=O)cc1. The topological polar surface area (TPSA) is 61.7 Å². The molecule has 104 valence electrons. The lowest BCUT2D eigenvalue weighted by molar-refractivity contribution is 0.104. The third-order valence-corrected chi connectivity index (χ3v) is 3.37. The van der Waals surface area contributed by atoms with Crippen LogP contribution in [-0.2, 0) is 0 Å². The number of anilines is 1. The van der Waals surface area contributed by atoms with Gasteiger partial charge in [0, 0.05) is 11.1 Å². The summed E-state index contributed by atoms with van der Waals surface area (Å²) >= 11 is 0. The summed E-state index contributed by atoms with van der Waals surface area (Å²) in [7, 11) is 0. The van der Waals surface area contributed by atoms with Crippen molar-refractivity contribution < 1.29 is 9.90 Å². The first-order valence-electron chi connectivity index (χ1n) is 6.60. The third-order valence-electron chi connectivity index (χ3n) is 3.37. The molecule has 0 spiro atoms. The van der Waals surface area contributed by atoms with Crippen LogP contribution in [0.2, 0.25) is 0 Å². The standard InChI is InChI=1S/C17H14N2O2/c1-11-6-8-12(9-7-11)19-18-10-15-16(20)13-4-2-3-5-14(13)17(15)21/h2-10,19-20H,1H3/b18-10+. The Morgan fingerprint density at radius 1 is 1.05 bits per heavy atom. The van der Waals surface area contributed by atoms with Crippen LogP contribution in [0.25, 0.3) is 5.76 Å². The van der Waals surface area contributed by atoms with Crippen molar-refractivity contribution in [2.24, 2.45) is 5.10 Å². The molecule has 21 heavy (non-hydrogen) atoms. The summed E-state index contributed by atoms with van der Waals surface area (Å²) in [5.41, 5.74) is 6.08. The lowest BCUT2D eigenvalue weighted by atomic mass is 10.1. The Morgan fingerprint density at radius 2 is 1.71 bits per heavy atom. The number of nitrogens with one attached hydrogen (secondary N) is 1. The number of aryl methyl sites for hydroxylation is 1. The molecule has 4 nitrogen and oxygen atoms in total. The van der Waals surface area contributed by atoms with Crippen LogP contribution in [0.4, 0.5) is 5.69 Å². The van der Waals surface area contributed by atoms with E-state index < -0.39 is 0 Å². The van der Waals surface area contributed by atoms with E-state index in [-0.39, 0.29) is 17.1 Å². The zero-order chi connectivity index (χ0) is 14.8. The number of hydrazone groups is 1. The molecule has 0 aliphatic heterocycles. The molecule has 2 aromatic rings. The van der Waals surface area contributed by atoms with Crippen molar-refractivity contribution in [3.8, 4) is 0 Å². The highest BCUT2D eigenvalue weighted by molar-refractivity contribution is 6.30. The molecule has 0 saturated carbocycles. The number of carbonyl (C=O) groups is 1. The van der Waals surface area contributed by atoms with Crippen LogP contribution in [0.15, 0.2) is 59.2 Å². The van der Waals surface area contributed by atoms with E-state index in [1.54, 1.807) is 24.3 Å². The molecule has 0 heterocycles. The van der Waals surface area contributed by atoms with Crippen LogP contribution in [0.3, 0.4) is 0 Å². The maximum Gasteiger partial charge on any atom is 0.199 e. The lowest BCUT2D eigenvalue weighted by Gasteiger charge is -2.00. The summed E-state index contributed by atoms with van der Waals surface area (Å²) in [6, 6.07) is 14.7. The van der Waals surface area contributed by atoms with E-state index in [9.17, 15) is 9.90 Å². The van der Waals surface area contributed by atoms with Crippen molar-refractivity contribution >= 4 is 23.4 Å². The highest BCUT2D eigenvalue weighted by atomic mass is 16.3. The van der Waals surface area contributed by atoms with E-state index in [2.05, 4.69) is 10.5 Å². The van der Waals surface area contributed by atoms with Crippen molar-refractivity contribution in [2.45, 2.75) is 6.92 Å². The summed E-state index contributed by atoms with van der Waals surface area (Å²) in [6.07, 6.45) is 1.36. The Hall–Kier alpha value is -2.88. The number of fused-ring (bicyclic) bond motifs is 1. The summed E-state index contributed by atoms with van der Waals surface area (Å²) in [5.74, 6) is -0.234. The van der Waals surface area contributed by atoms with Gasteiger partial charge in [-0.1, -0.05) is 42.0 Å². The van der Waals surface area contributed by atoms with Gasteiger partial charge in [0.05, 0.1) is 17.5 Å². The molecule has 3 rings (SSSR count). The molecule has 2 N–H and O–H groups in total. The smallest absolute Gasteiger partial charge is 0.199 e. The fourth-order valence-corrected chi connectivity index (χ4v) is 2.20. The van der Waals surface area contributed by atoms with Gasteiger partial charge in [-0.25, -0.2) is 0 Å². The summed E-state index contributed by atoms with van der Waals surface area (Å²) in [6.45, 7) is 2.00. The van der Waals surface area contributed by atoms with E-state index in [4.69, 9.17) is 0 Å². The van der Waals surface area contributed by atoms with Crippen molar-refractivity contribution in [3.05, 3.63) is 70.8 Å². The molecule has 1 aliphatic rings. The maximum absolute atomic E-state index is 12.2. The second-order valence-electron chi connectivity index (χ2n) is 4.87. The van der Waals surface area contributed by atoms with E-state index in [0.29, 0.717) is 11.1 Å². The molecule has 4 heteroatoms. The van der Waals surface area contributed by atoms with Crippen LogP contribution in [0.5, 0.6) is 0 Å². The molecule has 2 aromatic carbocycles. The summed E-state index contributed by atoms with van der Waals surface area (Å²) in [4.78, 5) is 12.2. The van der Waals surface area contributed by atoms with Crippen LogP contribution in [0.1, 0.15) is 21.5 Å². The normalized spacial score (nSPS) is 13.9. The Balaban J connectivity index is 1.80. The first kappa shape index (κ1) is 13.1. The van der Waals surface area contributed by atoms with Gasteiger partial charge in [0.2, 0.25) is 0 Å². The Bertz CT molecular complexity index is 759. The van der Waals surface area contributed by atoms with Gasteiger partial charge in [-0.15, -0.1) is 0 Å². The molecular formula is C17H14N2O2. The van der Waals surface area contributed by atoms with Gasteiger partial charge in [-0.3, -0.25) is 10.2 Å². The lowest BCUT2D eigenvalue weighted by Crippen LogP contribution is -2.01. The first-order valence-corrected chi connectivity index (χ1v) is 6.60. The van der Waals surface area contributed by atoms with E-state index in [1.807, 2.05) is 31.2 Å². The van der Waals surface area contributed by atoms with Crippen molar-refractivity contribution in [3.63, 3.8) is 0 Å². The number of hydrogen-bond acceptors (Lipinski definition) is 4. The highest BCUT2D eigenvalue weighted by Crippen LogP contribution is 2.29. The highest BCUT2D eigenvalue weighted by Gasteiger charge is 2.27. The van der Waals surface area contributed by atoms with Crippen molar-refractivity contribution in [1.82, 2.24) is 0 Å². The molecule has 0 amide bonds. The van der Waals surface area contributed by atoms with Crippen molar-refractivity contribution in [1.29, 1.82) is 0 Å². The number of ketones is 1. The number of allylic oxidation sites excluding steroid dienone is 1. The molecular weight excluding hydrogens is 264 g/mol. The number of hydrogen-bond donors (Lipinski definition) is 2. The number of rotatable bonds is 3. The van der Waals surface area contributed by atoms with Gasteiger partial charge in [0.1, 0.15) is 5.76 Å². The van der Waals surface area contributed by atoms with E-state index >= 15 is 0 Å². The molecule has 0 fully saturated rings. The molecule has 0 saturated heterocycles. The zero-order valence-corrected chi connectivity index (χ0v) is 11.5. The van der Waals surface area contributed by atoms with Crippen molar-refractivity contribution in [2.75, 3.05) is 5.43 Å². The molecule has 1 aliphatic carbocycles. The quantitative estimate of drug-likeness (QED) is 0.666. The fourth-order valence-electron chi connectivity index (χ4n) is 2.20. The monoisotopic (exact) mass is 278 g/mol. The van der Waals surface area contributed by atoms with Gasteiger partial charge in [0.15, 0.2) is 5.78 Å². The number of carbonyl (C=O) groups excluding carboxylic acids is 1. The van der Waals surface area contributed by atoms with Gasteiger partial charge in [-0.05, 0) is 19.1 Å². The van der Waals surface area contributed by atoms with Crippen LogP contribution < -0.4 is 5.43 Å². The number of Topliss-reactive ketones (excluding diaryl/α,β-unsaturated/α-hetero) is 1. The van der Waals surface area contributed by atoms with Gasteiger partial charge >= 0.3 is 0 Å². The van der Waals surface area contributed by atoms with Crippen LogP contribution >= 0.6 is 0 Å². The second-order valence-corrected chi connectivity index (χ2v) is 4.87. The Kier molecular flexibility index (Phi) is 3.28. The van der Waals surface area contributed by atoms with Gasteiger partial charge < -0.3 is 5.11 Å². The first-order chi connectivity index (χ1) is 10.2. The largest absolute Gasteiger partial charge is 0.506 e. The summed E-state index contributed by atoms with van der Waals surface area (Å²) < 4.78 is 0. The molecule has 0 unspecified atom stereocenters. The third kappa shape index (κ3) is 2.43. The Morgan fingerprint density at radius 3 is 2.38 bits per heavy atom. The van der Waals surface area contributed by atoms with Crippen LogP contribution in [0, 0.1) is 6.92 Å². The number of aliphatic hydroxyl groups is 1. The second kappa shape index (κ2) is 5.25. The maximum atomic E-state index is 12.2. The molecule has 0 radical (unpaired) electrons. The predicted molar refractivity (Wildman–Crippen MR) is 83.6 cm³/mol. The minimum Gasteiger partial charge on any atom is -0.506 e. The number of nitrogens with zero attached hydrogens (tertiary/aromatic N) is 1. The summed E-state index contributed by atoms with van der Waals surface area (Å²) in [5, 5.41) is 14.1. The average Bonchev–Trinajstić information content (AvgIpc) is 2.75. The van der Waals surface area contributed by atoms with Crippen LogP contribution in [-0.4, -0.2) is 17.1 Å².